The Kier molecular flexibility index (Phi) is 6.60. The van der Waals surface area contributed by atoms with Crippen molar-refractivity contribution in [1.29, 1.82) is 0 Å². The summed E-state index contributed by atoms with van der Waals surface area (Å²) in [6.07, 6.45) is 0.405. The summed E-state index contributed by atoms with van der Waals surface area (Å²) in [5.41, 5.74) is 4.31. The lowest BCUT2D eigenvalue weighted by Gasteiger charge is -2.15. The van der Waals surface area contributed by atoms with Gasteiger partial charge in [0.05, 0.1) is 0 Å². The van der Waals surface area contributed by atoms with Gasteiger partial charge in [-0.3, -0.25) is 14.8 Å². The van der Waals surface area contributed by atoms with E-state index in [9.17, 15) is 19.5 Å². The molecule has 2 aromatic carbocycles. The van der Waals surface area contributed by atoms with Crippen molar-refractivity contribution in [2.45, 2.75) is 18.4 Å². The maximum absolute atomic E-state index is 12.6. The second kappa shape index (κ2) is 9.75. The number of aliphatic carboxylic acids is 1. The first-order chi connectivity index (χ1) is 16.4. The topological polar surface area (TPSA) is 143 Å². The van der Waals surface area contributed by atoms with Gasteiger partial charge in [-0.25, -0.2) is 9.59 Å². The number of aryl methyl sites for hydroxylation is 1. The van der Waals surface area contributed by atoms with Crippen LogP contribution in [0.5, 0.6) is 0 Å². The highest BCUT2D eigenvalue weighted by Crippen LogP contribution is 2.44. The van der Waals surface area contributed by atoms with Crippen molar-refractivity contribution < 1.29 is 29.3 Å². The van der Waals surface area contributed by atoms with Gasteiger partial charge in [-0.1, -0.05) is 48.5 Å². The molecule has 0 unspecified atom stereocenters. The number of benzene rings is 2. The lowest BCUT2D eigenvalue weighted by atomic mass is 9.98. The molecule has 2 amide bonds. The van der Waals surface area contributed by atoms with Gasteiger partial charge < -0.3 is 20.3 Å². The van der Waals surface area contributed by atoms with Gasteiger partial charge in [0.25, 0.3) is 5.91 Å². The number of carboxylic acids is 1. The number of amides is 2. The minimum atomic E-state index is -1.28. The van der Waals surface area contributed by atoms with Gasteiger partial charge in [-0.2, -0.15) is 5.10 Å². The summed E-state index contributed by atoms with van der Waals surface area (Å²) < 4.78 is 6.80. The second-order valence-electron chi connectivity index (χ2n) is 7.89. The first-order valence-electron chi connectivity index (χ1n) is 10.7. The summed E-state index contributed by atoms with van der Waals surface area (Å²) in [6, 6.07) is 14.6. The van der Waals surface area contributed by atoms with E-state index in [1.165, 1.54) is 10.9 Å². The standard InChI is InChI=1S/C24H24N4O6/c1-28-12-18(22(30)25-20(10-11-29)23(31)32)21(27-28)26-24(33)34-13-19-16-8-4-2-6-14(16)15-7-3-5-9-17(15)19/h2-9,12,19-20,29H,10-11,13H2,1H3,(H,25,30)(H,31,32)(H,26,27,33)/t20-/m1/s1. The summed E-state index contributed by atoms with van der Waals surface area (Å²) in [5, 5.41) is 27.1. The molecule has 1 aromatic heterocycles. The SMILES string of the molecule is Cn1cc(C(=O)N[C@H](CCO)C(=O)O)c(NC(=O)OCC2c3ccccc3-c3ccccc32)n1. The molecule has 0 saturated heterocycles. The summed E-state index contributed by atoms with van der Waals surface area (Å²) >= 11 is 0. The van der Waals surface area contributed by atoms with E-state index in [-0.39, 0.29) is 30.3 Å². The molecule has 0 saturated carbocycles. The minimum Gasteiger partial charge on any atom is -0.480 e. The van der Waals surface area contributed by atoms with E-state index < -0.39 is 30.6 Å². The van der Waals surface area contributed by atoms with Gasteiger partial charge in [0.1, 0.15) is 18.2 Å². The number of hydrogen-bond acceptors (Lipinski definition) is 6. The molecule has 176 valence electrons. The normalized spacial score (nSPS) is 13.0. The summed E-state index contributed by atoms with van der Waals surface area (Å²) in [5.74, 6) is -2.22. The average molecular weight is 464 g/mol. The number of carboxylic acid groups (broad SMARTS) is 1. The average Bonchev–Trinajstić information content (AvgIpc) is 3.34. The molecule has 1 atom stereocenters. The largest absolute Gasteiger partial charge is 0.480 e. The number of fused-ring (bicyclic) bond motifs is 3. The Morgan fingerprint density at radius 1 is 1.09 bits per heavy atom. The van der Waals surface area contributed by atoms with Gasteiger partial charge in [-0.15, -0.1) is 0 Å². The molecule has 1 aliphatic carbocycles. The molecule has 3 aromatic rings. The Bertz CT molecular complexity index is 1190. The lowest BCUT2D eigenvalue weighted by Crippen LogP contribution is -2.41. The van der Waals surface area contributed by atoms with Crippen LogP contribution in [0.2, 0.25) is 0 Å². The minimum absolute atomic E-state index is 0.0276. The third kappa shape index (κ3) is 4.62. The molecule has 10 heteroatoms. The van der Waals surface area contributed by atoms with Crippen molar-refractivity contribution in [3.63, 3.8) is 0 Å². The number of nitrogens with zero attached hydrogens (tertiary/aromatic N) is 2. The molecular formula is C24H24N4O6. The fraction of sp³-hybridized carbons (Fsp3) is 0.250. The molecule has 1 aliphatic rings. The summed E-state index contributed by atoms with van der Waals surface area (Å²) in [4.78, 5) is 36.4. The van der Waals surface area contributed by atoms with E-state index in [4.69, 9.17) is 9.84 Å². The fourth-order valence-corrected chi connectivity index (χ4v) is 4.10. The van der Waals surface area contributed by atoms with Gasteiger partial charge in [0.15, 0.2) is 5.82 Å². The number of hydrogen-bond donors (Lipinski definition) is 4. The van der Waals surface area contributed by atoms with E-state index in [1.54, 1.807) is 7.05 Å². The molecule has 0 bridgehead atoms. The molecular weight excluding hydrogens is 440 g/mol. The van der Waals surface area contributed by atoms with E-state index in [2.05, 4.69) is 15.7 Å². The predicted molar refractivity (Wildman–Crippen MR) is 122 cm³/mol. The number of ether oxygens (including phenoxy) is 1. The zero-order valence-electron chi connectivity index (χ0n) is 18.4. The van der Waals surface area contributed by atoms with Gasteiger partial charge in [0.2, 0.25) is 0 Å². The van der Waals surface area contributed by atoms with Crippen LogP contribution >= 0.6 is 0 Å². The first-order valence-corrected chi connectivity index (χ1v) is 10.7. The Morgan fingerprint density at radius 3 is 2.29 bits per heavy atom. The van der Waals surface area contributed by atoms with Gasteiger partial charge >= 0.3 is 12.1 Å². The molecule has 34 heavy (non-hydrogen) atoms. The van der Waals surface area contributed by atoms with Crippen molar-refractivity contribution >= 4 is 23.8 Å². The van der Waals surface area contributed by atoms with E-state index >= 15 is 0 Å². The molecule has 0 radical (unpaired) electrons. The Balaban J connectivity index is 1.45. The second-order valence-corrected chi connectivity index (χ2v) is 7.89. The summed E-state index contributed by atoms with van der Waals surface area (Å²) in [7, 11) is 1.56. The third-order valence-corrected chi connectivity index (χ3v) is 5.66. The number of aromatic nitrogens is 2. The molecule has 10 nitrogen and oxygen atoms in total. The maximum atomic E-state index is 12.6. The molecule has 0 aliphatic heterocycles. The number of nitrogens with one attached hydrogen (secondary N) is 2. The number of anilines is 1. The van der Waals surface area contributed by atoms with Crippen LogP contribution in [-0.4, -0.2) is 57.2 Å². The van der Waals surface area contributed by atoms with Gasteiger partial charge in [0, 0.05) is 32.2 Å². The van der Waals surface area contributed by atoms with Crippen molar-refractivity contribution in [3.05, 3.63) is 71.4 Å². The van der Waals surface area contributed by atoms with Crippen LogP contribution in [-0.2, 0) is 16.6 Å². The molecule has 4 rings (SSSR count). The van der Waals surface area contributed by atoms with Gasteiger partial charge in [-0.05, 0) is 22.3 Å². The van der Waals surface area contributed by atoms with Crippen molar-refractivity contribution in [3.8, 4) is 11.1 Å². The quantitative estimate of drug-likeness (QED) is 0.401. The van der Waals surface area contributed by atoms with Crippen molar-refractivity contribution in [1.82, 2.24) is 15.1 Å². The monoisotopic (exact) mass is 464 g/mol. The number of carbonyl (C=O) groups excluding carboxylic acids is 2. The highest BCUT2D eigenvalue weighted by Gasteiger charge is 2.29. The van der Waals surface area contributed by atoms with Crippen molar-refractivity contribution in [2.24, 2.45) is 7.05 Å². The number of rotatable bonds is 8. The van der Waals surface area contributed by atoms with E-state index in [0.717, 1.165) is 22.3 Å². The fourth-order valence-electron chi connectivity index (χ4n) is 4.10. The van der Waals surface area contributed by atoms with Crippen molar-refractivity contribution in [2.75, 3.05) is 18.5 Å². The van der Waals surface area contributed by atoms with Crippen LogP contribution in [0.15, 0.2) is 54.7 Å². The van der Waals surface area contributed by atoms with Crippen LogP contribution in [0.3, 0.4) is 0 Å². The van der Waals surface area contributed by atoms with E-state index in [1.807, 2.05) is 48.5 Å². The predicted octanol–water partition coefficient (Wildman–Crippen LogP) is 2.35. The molecule has 4 N–H and O–H groups in total. The summed E-state index contributed by atoms with van der Waals surface area (Å²) in [6.45, 7) is -0.318. The smallest absolute Gasteiger partial charge is 0.412 e. The van der Waals surface area contributed by atoms with E-state index in [0.29, 0.717) is 0 Å². The molecule has 0 fully saturated rings. The maximum Gasteiger partial charge on any atom is 0.412 e. The Labute approximate surface area is 195 Å². The lowest BCUT2D eigenvalue weighted by molar-refractivity contribution is -0.139. The number of aliphatic hydroxyl groups is 1. The van der Waals surface area contributed by atoms with Crippen LogP contribution in [0.1, 0.15) is 33.8 Å². The van der Waals surface area contributed by atoms with Crippen LogP contribution < -0.4 is 10.6 Å². The highest BCUT2D eigenvalue weighted by molar-refractivity contribution is 6.02. The zero-order valence-corrected chi connectivity index (χ0v) is 18.4. The highest BCUT2D eigenvalue weighted by atomic mass is 16.5. The number of carbonyl (C=O) groups is 3. The number of aliphatic hydroxyl groups excluding tert-OH is 1. The zero-order chi connectivity index (χ0) is 24.2. The molecule has 0 spiro atoms. The Hall–Kier alpha value is -4.18. The Morgan fingerprint density at radius 2 is 1.71 bits per heavy atom. The molecule has 1 heterocycles. The third-order valence-electron chi connectivity index (χ3n) is 5.66. The van der Waals surface area contributed by atoms with Crippen LogP contribution in [0, 0.1) is 0 Å². The van der Waals surface area contributed by atoms with Crippen LogP contribution in [0.4, 0.5) is 10.6 Å². The first kappa shape index (κ1) is 23.0. The van der Waals surface area contributed by atoms with Crippen LogP contribution in [0.25, 0.3) is 11.1 Å².